The molecule has 4 unspecified atom stereocenters. The van der Waals surface area contributed by atoms with Gasteiger partial charge in [0.2, 0.25) is 0 Å². The number of rotatable bonds is 3. The molecule has 2 rings (SSSR count). The van der Waals surface area contributed by atoms with E-state index in [-0.39, 0.29) is 18.0 Å². The topological polar surface area (TPSA) is 46.5 Å². The Labute approximate surface area is 140 Å². The van der Waals surface area contributed by atoms with Crippen LogP contribution in [0.4, 0.5) is 0 Å². The summed E-state index contributed by atoms with van der Waals surface area (Å²) in [5, 5.41) is 10.7. The third kappa shape index (κ3) is 4.26. The van der Waals surface area contributed by atoms with Crippen LogP contribution in [0.25, 0.3) is 0 Å². The molecule has 0 amide bonds. The maximum Gasteiger partial charge on any atom is 0.330 e. The Morgan fingerprint density at radius 3 is 2.57 bits per heavy atom. The van der Waals surface area contributed by atoms with Gasteiger partial charge in [0.25, 0.3) is 0 Å². The van der Waals surface area contributed by atoms with Crippen molar-refractivity contribution in [1.29, 1.82) is 0 Å². The van der Waals surface area contributed by atoms with Gasteiger partial charge in [-0.25, -0.2) is 4.79 Å². The third-order valence-corrected chi connectivity index (χ3v) is 5.60. The Kier molecular flexibility index (Phi) is 5.40. The van der Waals surface area contributed by atoms with Crippen molar-refractivity contribution in [3.8, 4) is 0 Å². The van der Waals surface area contributed by atoms with Crippen LogP contribution in [0.15, 0.2) is 22.8 Å². The summed E-state index contributed by atoms with van der Waals surface area (Å²) in [6.07, 6.45) is 5.34. The second-order valence-electron chi connectivity index (χ2n) is 8.33. The summed E-state index contributed by atoms with van der Waals surface area (Å²) in [5.41, 5.74) is 2.99. The number of esters is 1. The Morgan fingerprint density at radius 1 is 1.35 bits per heavy atom. The molecule has 0 radical (unpaired) electrons. The minimum atomic E-state index is -0.853. The second-order valence-corrected chi connectivity index (χ2v) is 8.33. The van der Waals surface area contributed by atoms with E-state index in [1.807, 2.05) is 27.7 Å². The molecule has 0 saturated heterocycles. The van der Waals surface area contributed by atoms with Crippen molar-refractivity contribution in [1.82, 2.24) is 0 Å². The highest BCUT2D eigenvalue weighted by Gasteiger charge is 2.43. The molecule has 2 aliphatic carbocycles. The molecule has 0 aromatic carbocycles. The monoisotopic (exact) mass is 320 g/mol. The fourth-order valence-corrected chi connectivity index (χ4v) is 4.30. The molecule has 0 spiro atoms. The SMILES string of the molecule is CC(C)=CC(=O)OC1CC(C)=C2CCC(C)C2CC1C(C)(C)O. The summed E-state index contributed by atoms with van der Waals surface area (Å²) in [6, 6.07) is 0. The van der Waals surface area contributed by atoms with E-state index < -0.39 is 5.60 Å². The van der Waals surface area contributed by atoms with Gasteiger partial charge in [-0.15, -0.1) is 0 Å². The predicted molar refractivity (Wildman–Crippen MR) is 92.9 cm³/mol. The lowest BCUT2D eigenvalue weighted by Gasteiger charge is -2.36. The quantitative estimate of drug-likeness (QED) is 0.476. The first-order valence-corrected chi connectivity index (χ1v) is 8.86. The van der Waals surface area contributed by atoms with Gasteiger partial charge >= 0.3 is 5.97 Å². The molecule has 130 valence electrons. The molecule has 1 fully saturated rings. The molecule has 2 aliphatic rings. The molecular formula is C20H32O3. The molecular weight excluding hydrogens is 288 g/mol. The maximum atomic E-state index is 12.1. The predicted octanol–water partition coefficient (Wildman–Crippen LogP) is 4.41. The van der Waals surface area contributed by atoms with E-state index in [0.29, 0.717) is 11.8 Å². The number of allylic oxidation sites excluding steroid dienone is 2. The molecule has 23 heavy (non-hydrogen) atoms. The summed E-state index contributed by atoms with van der Waals surface area (Å²) in [4.78, 5) is 12.1. The fourth-order valence-electron chi connectivity index (χ4n) is 4.30. The number of aliphatic hydroxyl groups is 1. The molecule has 3 heteroatoms. The van der Waals surface area contributed by atoms with Gasteiger partial charge < -0.3 is 9.84 Å². The molecule has 0 aliphatic heterocycles. The minimum Gasteiger partial charge on any atom is -0.458 e. The van der Waals surface area contributed by atoms with Gasteiger partial charge in [0, 0.05) is 18.4 Å². The normalized spacial score (nSPS) is 31.4. The number of hydrogen-bond donors (Lipinski definition) is 1. The summed E-state index contributed by atoms with van der Waals surface area (Å²) in [6.45, 7) is 12.0. The van der Waals surface area contributed by atoms with Crippen molar-refractivity contribution >= 4 is 5.97 Å². The van der Waals surface area contributed by atoms with Crippen LogP contribution in [0.5, 0.6) is 0 Å². The number of hydrogen-bond acceptors (Lipinski definition) is 3. The van der Waals surface area contributed by atoms with E-state index in [0.717, 1.165) is 24.8 Å². The molecule has 0 aromatic rings. The van der Waals surface area contributed by atoms with Gasteiger partial charge in [-0.3, -0.25) is 0 Å². The van der Waals surface area contributed by atoms with Crippen molar-refractivity contribution in [3.05, 3.63) is 22.8 Å². The Morgan fingerprint density at radius 2 is 2.00 bits per heavy atom. The van der Waals surface area contributed by atoms with Gasteiger partial charge in [-0.05, 0) is 65.7 Å². The Bertz CT molecular complexity index is 517. The first-order valence-electron chi connectivity index (χ1n) is 8.86. The highest BCUT2D eigenvalue weighted by Crippen LogP contribution is 2.48. The van der Waals surface area contributed by atoms with Crippen LogP contribution in [0.2, 0.25) is 0 Å². The van der Waals surface area contributed by atoms with E-state index in [1.165, 1.54) is 18.1 Å². The van der Waals surface area contributed by atoms with Gasteiger partial charge in [0.15, 0.2) is 0 Å². The van der Waals surface area contributed by atoms with Crippen LogP contribution in [-0.2, 0) is 9.53 Å². The lowest BCUT2D eigenvalue weighted by Crippen LogP contribution is -2.42. The highest BCUT2D eigenvalue weighted by atomic mass is 16.5. The van der Waals surface area contributed by atoms with E-state index >= 15 is 0 Å². The van der Waals surface area contributed by atoms with E-state index in [1.54, 1.807) is 5.57 Å². The summed E-state index contributed by atoms with van der Waals surface area (Å²) >= 11 is 0. The molecule has 1 N–H and O–H groups in total. The van der Waals surface area contributed by atoms with Gasteiger partial charge in [-0.1, -0.05) is 23.6 Å². The molecule has 0 aromatic heterocycles. The van der Waals surface area contributed by atoms with Crippen LogP contribution in [0.3, 0.4) is 0 Å². The van der Waals surface area contributed by atoms with Crippen molar-refractivity contribution in [3.63, 3.8) is 0 Å². The van der Waals surface area contributed by atoms with Gasteiger partial charge in [0.1, 0.15) is 6.10 Å². The smallest absolute Gasteiger partial charge is 0.330 e. The number of carbonyl (C=O) groups excluding carboxylic acids is 1. The van der Waals surface area contributed by atoms with Gasteiger partial charge in [-0.2, -0.15) is 0 Å². The minimum absolute atomic E-state index is 0.0324. The van der Waals surface area contributed by atoms with Crippen LogP contribution >= 0.6 is 0 Å². The highest BCUT2D eigenvalue weighted by molar-refractivity contribution is 5.82. The van der Waals surface area contributed by atoms with Crippen LogP contribution in [0.1, 0.15) is 67.2 Å². The Hall–Kier alpha value is -1.09. The molecule has 1 saturated carbocycles. The van der Waals surface area contributed by atoms with Crippen molar-refractivity contribution in [2.24, 2.45) is 17.8 Å². The maximum absolute atomic E-state index is 12.1. The molecule has 0 heterocycles. The lowest BCUT2D eigenvalue weighted by atomic mass is 9.77. The van der Waals surface area contributed by atoms with Gasteiger partial charge in [0.05, 0.1) is 5.60 Å². The van der Waals surface area contributed by atoms with E-state index in [9.17, 15) is 9.90 Å². The van der Waals surface area contributed by atoms with Crippen molar-refractivity contribution in [2.45, 2.75) is 78.9 Å². The second kappa shape index (κ2) is 6.80. The summed E-state index contributed by atoms with van der Waals surface area (Å²) in [5.74, 6) is 0.854. The van der Waals surface area contributed by atoms with Crippen molar-refractivity contribution in [2.75, 3.05) is 0 Å². The summed E-state index contributed by atoms with van der Waals surface area (Å²) in [7, 11) is 0. The third-order valence-electron chi connectivity index (χ3n) is 5.60. The fraction of sp³-hybridized carbons (Fsp3) is 0.750. The van der Waals surface area contributed by atoms with Crippen LogP contribution in [0, 0.1) is 17.8 Å². The zero-order valence-electron chi connectivity index (χ0n) is 15.5. The zero-order chi connectivity index (χ0) is 17.4. The molecule has 4 atom stereocenters. The summed E-state index contributed by atoms with van der Waals surface area (Å²) < 4.78 is 5.78. The standard InChI is InChI=1S/C20H32O3/c1-12(2)9-19(21)23-18-10-14(4)15-8-7-13(3)16(15)11-17(18)20(5,6)22/h9,13,16-18,22H,7-8,10-11H2,1-6H3. The van der Waals surface area contributed by atoms with E-state index in [2.05, 4.69) is 13.8 Å². The average molecular weight is 320 g/mol. The van der Waals surface area contributed by atoms with Crippen LogP contribution in [-0.4, -0.2) is 22.8 Å². The molecule has 0 bridgehead atoms. The number of carbonyl (C=O) groups is 1. The largest absolute Gasteiger partial charge is 0.458 e. The zero-order valence-corrected chi connectivity index (χ0v) is 15.5. The van der Waals surface area contributed by atoms with Crippen LogP contribution < -0.4 is 0 Å². The first kappa shape index (κ1) is 18.3. The number of fused-ring (bicyclic) bond motifs is 1. The average Bonchev–Trinajstić information content (AvgIpc) is 2.66. The molecule has 3 nitrogen and oxygen atoms in total. The van der Waals surface area contributed by atoms with E-state index in [4.69, 9.17) is 4.74 Å². The van der Waals surface area contributed by atoms with Crippen molar-refractivity contribution < 1.29 is 14.6 Å². The first-order chi connectivity index (χ1) is 10.6. The Balaban J connectivity index is 2.29. The number of ether oxygens (including phenoxy) is 1. The lowest BCUT2D eigenvalue weighted by molar-refractivity contribution is -0.152.